The van der Waals surface area contributed by atoms with Gasteiger partial charge in [-0.3, -0.25) is 0 Å². The van der Waals surface area contributed by atoms with Gasteiger partial charge in [-0.2, -0.15) is 28.1 Å². The van der Waals surface area contributed by atoms with Crippen molar-refractivity contribution < 1.29 is 36.5 Å². The highest BCUT2D eigenvalue weighted by Crippen LogP contribution is 2.48. The molecule has 0 radical (unpaired) electrons. The first kappa shape index (κ1) is 39.1. The van der Waals surface area contributed by atoms with Crippen LogP contribution in [0, 0.1) is 29.4 Å². The topological polar surface area (TPSA) is 122 Å². The normalized spacial score (nSPS) is 21.9. The van der Waals surface area contributed by atoms with Crippen molar-refractivity contribution in [2.45, 2.75) is 89.2 Å². The lowest BCUT2D eigenvalue weighted by atomic mass is 9.95. The molecule has 4 aliphatic rings. The van der Waals surface area contributed by atoms with Gasteiger partial charge in [0.1, 0.15) is 34.7 Å². The molecule has 308 valence electrons. The highest BCUT2D eigenvalue weighted by atomic mass is 19.4. The minimum absolute atomic E-state index is 0.0240. The van der Waals surface area contributed by atoms with E-state index in [1.165, 1.54) is 30.3 Å². The Bertz CT molecular complexity index is 2480. The number of aromatic hydroxyl groups is 1. The lowest BCUT2D eigenvalue weighted by Crippen LogP contribution is -2.61. The van der Waals surface area contributed by atoms with Crippen LogP contribution in [0.15, 0.2) is 36.5 Å². The number of terminal acetylenes is 1. The second kappa shape index (κ2) is 15.0. The number of pyridine rings is 1. The van der Waals surface area contributed by atoms with Gasteiger partial charge in [0.2, 0.25) is 11.7 Å². The van der Waals surface area contributed by atoms with Gasteiger partial charge in [-0.05, 0) is 75.5 Å². The summed E-state index contributed by atoms with van der Waals surface area (Å²) < 4.78 is 84.1. The highest BCUT2D eigenvalue weighted by molar-refractivity contribution is 6.03. The first-order valence-corrected chi connectivity index (χ1v) is 20.1. The molecule has 11 nitrogen and oxygen atoms in total. The Kier molecular flexibility index (Phi) is 9.94. The highest BCUT2D eigenvalue weighted by Gasteiger charge is 2.46. The van der Waals surface area contributed by atoms with E-state index in [-0.39, 0.29) is 75.0 Å². The molecular weight excluding hydrogens is 772 g/mol. The van der Waals surface area contributed by atoms with Crippen LogP contribution in [0.3, 0.4) is 0 Å². The van der Waals surface area contributed by atoms with Crippen molar-refractivity contribution in [2.75, 3.05) is 37.7 Å². The lowest BCUT2D eigenvalue weighted by molar-refractivity contribution is -0.145. The number of likely N-dealkylation sites (tertiary alicyclic amines) is 1. The molecule has 1 aliphatic carbocycles. The SMILES string of the molecule is C#Cc1c(F)ccc2cc(O)cc(-c3nc4c5c(nc(OCC6(CN7CCC(Oc8ccnc(C(F)(F)F)n8)CC7)CC6)nc5c3F)N3C[C@@H](CC)N[C@@H](C)[C@H]3CC4)c12. The molecule has 59 heavy (non-hydrogen) atoms. The van der Waals surface area contributed by atoms with Crippen LogP contribution in [-0.4, -0.2) is 91.9 Å². The zero-order valence-electron chi connectivity index (χ0n) is 32.6. The number of anilines is 1. The number of rotatable bonds is 9. The average Bonchev–Trinajstić information content (AvgIpc) is 4.01. The molecule has 1 saturated carbocycles. The van der Waals surface area contributed by atoms with Crippen molar-refractivity contribution in [2.24, 2.45) is 5.41 Å². The number of hydrogen-bond donors (Lipinski definition) is 2. The number of fused-ring (bicyclic) bond motifs is 3. The van der Waals surface area contributed by atoms with Crippen LogP contribution in [0.4, 0.5) is 27.8 Å². The molecule has 2 N–H and O–H groups in total. The molecule has 2 aromatic carbocycles. The van der Waals surface area contributed by atoms with Crippen LogP contribution in [0.2, 0.25) is 0 Å². The summed E-state index contributed by atoms with van der Waals surface area (Å²) in [6, 6.07) is 7.19. The number of aromatic nitrogens is 5. The number of piperazine rings is 1. The number of nitrogens with zero attached hydrogens (tertiary/aromatic N) is 7. The molecular formula is C43H43F5N8O3. The molecule has 5 aromatic rings. The van der Waals surface area contributed by atoms with Crippen molar-refractivity contribution >= 4 is 27.5 Å². The van der Waals surface area contributed by atoms with Gasteiger partial charge in [0.05, 0.1) is 23.3 Å². The van der Waals surface area contributed by atoms with Crippen molar-refractivity contribution in [3.05, 3.63) is 65.2 Å². The quantitative estimate of drug-likeness (QED) is 0.116. The summed E-state index contributed by atoms with van der Waals surface area (Å²) in [7, 11) is 0. The van der Waals surface area contributed by atoms with Crippen LogP contribution in [0.5, 0.6) is 17.6 Å². The number of hydrogen-bond acceptors (Lipinski definition) is 11. The number of ether oxygens (including phenoxy) is 2. The van der Waals surface area contributed by atoms with E-state index >= 15 is 8.78 Å². The van der Waals surface area contributed by atoms with E-state index in [4.69, 9.17) is 30.8 Å². The van der Waals surface area contributed by atoms with Crippen LogP contribution < -0.4 is 19.7 Å². The van der Waals surface area contributed by atoms with Gasteiger partial charge < -0.3 is 29.7 Å². The fourth-order valence-corrected chi connectivity index (χ4v) is 9.07. The first-order chi connectivity index (χ1) is 28.3. The zero-order valence-corrected chi connectivity index (χ0v) is 32.6. The molecule has 0 spiro atoms. The molecule has 2 saturated heterocycles. The maximum Gasteiger partial charge on any atom is 0.451 e. The predicted octanol–water partition coefficient (Wildman–Crippen LogP) is 7.21. The third kappa shape index (κ3) is 7.43. The number of phenols is 1. The molecule has 0 unspecified atom stereocenters. The van der Waals surface area contributed by atoms with E-state index in [1.54, 1.807) is 0 Å². The standard InChI is InChI=1S/C43H43F5N8O3/c1-4-25-20-56-32(23(3)50-25)9-8-31-35-38(36(45)37(51-31)29-19-26(57)18-24-6-7-30(44)28(5-2)34(24)29)53-41(54-39(35)56)58-22-42(13-14-42)21-55-16-11-27(12-17-55)59-33-10-15-49-40(52-33)43(46,47)48/h2,6-7,10,15,18-19,23,25,27,32,50,57H,4,8-9,11-14,16-17,20-22H2,1,3H3/t23-,25+,32+/m0/s1. The molecule has 0 amide bonds. The van der Waals surface area contributed by atoms with Crippen LogP contribution in [-0.2, 0) is 12.6 Å². The predicted molar refractivity (Wildman–Crippen MR) is 210 cm³/mol. The van der Waals surface area contributed by atoms with Gasteiger partial charge in [0.25, 0.3) is 0 Å². The third-order valence-electron chi connectivity index (χ3n) is 12.3. The molecule has 3 fully saturated rings. The van der Waals surface area contributed by atoms with Crippen LogP contribution in [0.25, 0.3) is 32.9 Å². The van der Waals surface area contributed by atoms with Crippen LogP contribution in [0.1, 0.15) is 69.5 Å². The smallest absolute Gasteiger partial charge is 0.451 e. The first-order valence-electron chi connectivity index (χ1n) is 20.1. The summed E-state index contributed by atoms with van der Waals surface area (Å²) in [5, 5.41) is 15.7. The molecule has 6 heterocycles. The fraction of sp³-hybridized carbons (Fsp3) is 0.465. The number of phenolic OH excluding ortho intramolecular Hbond substituents is 1. The summed E-state index contributed by atoms with van der Waals surface area (Å²) in [4.78, 5) is 26.0. The monoisotopic (exact) mass is 814 g/mol. The van der Waals surface area contributed by atoms with Gasteiger partial charge >= 0.3 is 12.2 Å². The van der Waals surface area contributed by atoms with E-state index in [0.717, 1.165) is 32.0 Å². The summed E-state index contributed by atoms with van der Waals surface area (Å²) in [6.07, 6.45) is 7.03. The Morgan fingerprint density at radius 1 is 1.03 bits per heavy atom. The molecule has 3 aromatic heterocycles. The van der Waals surface area contributed by atoms with Gasteiger partial charge in [0.15, 0.2) is 5.82 Å². The maximum atomic E-state index is 17.3. The number of halogens is 5. The number of nitrogens with one attached hydrogen (secondary N) is 1. The minimum Gasteiger partial charge on any atom is -0.508 e. The Morgan fingerprint density at radius 2 is 1.83 bits per heavy atom. The fourth-order valence-electron chi connectivity index (χ4n) is 9.07. The van der Waals surface area contributed by atoms with Crippen molar-refractivity contribution in [1.29, 1.82) is 0 Å². The molecule has 3 aliphatic heterocycles. The zero-order chi connectivity index (χ0) is 41.2. The lowest BCUT2D eigenvalue weighted by Gasteiger charge is -2.44. The Balaban J connectivity index is 1.02. The summed E-state index contributed by atoms with van der Waals surface area (Å²) in [5.74, 6) is 0.0879. The van der Waals surface area contributed by atoms with Crippen molar-refractivity contribution in [1.82, 2.24) is 35.1 Å². The Morgan fingerprint density at radius 3 is 2.56 bits per heavy atom. The van der Waals surface area contributed by atoms with Crippen molar-refractivity contribution in [3.8, 4) is 41.2 Å². The number of piperidine rings is 1. The minimum atomic E-state index is -4.66. The molecule has 0 bridgehead atoms. The summed E-state index contributed by atoms with van der Waals surface area (Å²) in [5.41, 5.74) is 0.429. The Hall–Kier alpha value is -5.40. The maximum absolute atomic E-state index is 17.3. The number of benzene rings is 2. The number of alkyl halides is 3. The number of aryl methyl sites for hydroxylation is 1. The summed E-state index contributed by atoms with van der Waals surface area (Å²) >= 11 is 0. The average molecular weight is 815 g/mol. The second-order valence-corrected chi connectivity index (χ2v) is 16.3. The molecule has 3 atom stereocenters. The largest absolute Gasteiger partial charge is 0.508 e. The van der Waals surface area contributed by atoms with Gasteiger partial charge in [-0.1, -0.05) is 18.9 Å². The summed E-state index contributed by atoms with van der Waals surface area (Å²) in [6.45, 7) is 7.30. The third-order valence-corrected chi connectivity index (χ3v) is 12.3. The van der Waals surface area contributed by atoms with E-state index in [1.807, 2.05) is 0 Å². The second-order valence-electron chi connectivity index (χ2n) is 16.3. The van der Waals surface area contributed by atoms with Crippen molar-refractivity contribution in [3.63, 3.8) is 0 Å². The van der Waals surface area contributed by atoms with E-state index in [2.05, 4.69) is 44.9 Å². The van der Waals surface area contributed by atoms with E-state index in [0.29, 0.717) is 74.2 Å². The van der Waals surface area contributed by atoms with Gasteiger partial charge in [-0.15, -0.1) is 6.42 Å². The molecule has 9 rings (SSSR count). The van der Waals surface area contributed by atoms with Crippen LogP contribution >= 0.6 is 0 Å². The molecule has 16 heteroatoms. The van der Waals surface area contributed by atoms with E-state index in [9.17, 15) is 18.3 Å². The van der Waals surface area contributed by atoms with E-state index < -0.39 is 23.6 Å². The van der Waals surface area contributed by atoms with Gasteiger partial charge in [0, 0.05) is 72.9 Å². The Labute approximate surface area is 337 Å². The van der Waals surface area contributed by atoms with Gasteiger partial charge in [-0.25, -0.2) is 18.7 Å².